The first-order valence-corrected chi connectivity index (χ1v) is 7.14. The van der Waals surface area contributed by atoms with E-state index in [1.165, 1.54) is 12.1 Å². The minimum Gasteiger partial charge on any atom is -0.494 e. The molecule has 4 nitrogen and oxygen atoms in total. The van der Waals surface area contributed by atoms with E-state index in [0.29, 0.717) is 6.61 Å². The molecule has 2 aromatic carbocycles. The maximum atomic E-state index is 12.3. The van der Waals surface area contributed by atoms with E-state index in [-0.39, 0.29) is 23.8 Å². The molecule has 0 aliphatic rings. The summed E-state index contributed by atoms with van der Waals surface area (Å²) in [6.07, 6.45) is 0.120. The van der Waals surface area contributed by atoms with Gasteiger partial charge in [0.25, 0.3) is 0 Å². The highest BCUT2D eigenvalue weighted by molar-refractivity contribution is 5.93. The third kappa shape index (κ3) is 5.25. The maximum Gasteiger partial charge on any atom is 0.387 e. The molecular weight excluding hydrogens is 304 g/mol. The highest BCUT2D eigenvalue weighted by atomic mass is 19.3. The van der Waals surface area contributed by atoms with E-state index in [2.05, 4.69) is 10.1 Å². The Morgan fingerprint density at radius 1 is 1.13 bits per heavy atom. The molecule has 0 bridgehead atoms. The van der Waals surface area contributed by atoms with E-state index in [1.54, 1.807) is 36.4 Å². The Balaban J connectivity index is 1.99. The molecule has 6 heteroatoms. The van der Waals surface area contributed by atoms with E-state index in [9.17, 15) is 13.6 Å². The predicted octanol–water partition coefficient (Wildman–Crippen LogP) is 3.87. The summed E-state index contributed by atoms with van der Waals surface area (Å²) in [6, 6.07) is 13.2. The Morgan fingerprint density at radius 3 is 2.48 bits per heavy atom. The van der Waals surface area contributed by atoms with Gasteiger partial charge in [-0.2, -0.15) is 8.78 Å². The van der Waals surface area contributed by atoms with Crippen LogP contribution in [0.15, 0.2) is 48.5 Å². The Bertz CT molecular complexity index is 645. The van der Waals surface area contributed by atoms with Gasteiger partial charge in [-0.25, -0.2) is 0 Å². The second-order valence-corrected chi connectivity index (χ2v) is 4.68. The fraction of sp³-hybridized carbons (Fsp3) is 0.235. The number of hydrogen-bond donors (Lipinski definition) is 1. The van der Waals surface area contributed by atoms with Crippen LogP contribution >= 0.6 is 0 Å². The highest BCUT2D eigenvalue weighted by Gasteiger charge is 2.12. The summed E-state index contributed by atoms with van der Waals surface area (Å²) in [5.41, 5.74) is 1.00. The van der Waals surface area contributed by atoms with Crippen molar-refractivity contribution in [2.45, 2.75) is 20.0 Å². The van der Waals surface area contributed by atoms with Crippen LogP contribution in [-0.4, -0.2) is 19.1 Å². The number of halogens is 2. The summed E-state index contributed by atoms with van der Waals surface area (Å²) in [4.78, 5) is 12.0. The number of anilines is 1. The number of carbonyl (C=O) groups excluding carboxylic acids is 1. The van der Waals surface area contributed by atoms with Crippen LogP contribution in [0.3, 0.4) is 0 Å². The van der Waals surface area contributed by atoms with Crippen LogP contribution in [0.1, 0.15) is 12.5 Å². The maximum absolute atomic E-state index is 12.3. The van der Waals surface area contributed by atoms with Crippen LogP contribution in [0, 0.1) is 0 Å². The van der Waals surface area contributed by atoms with Crippen molar-refractivity contribution in [2.75, 3.05) is 11.9 Å². The van der Waals surface area contributed by atoms with Crippen LogP contribution in [0.5, 0.6) is 11.5 Å². The zero-order valence-electron chi connectivity index (χ0n) is 12.6. The monoisotopic (exact) mass is 321 g/mol. The molecule has 0 atom stereocenters. The fourth-order valence-corrected chi connectivity index (χ4v) is 2.02. The van der Waals surface area contributed by atoms with Crippen molar-refractivity contribution in [1.82, 2.24) is 0 Å². The number of hydrogen-bond acceptors (Lipinski definition) is 3. The van der Waals surface area contributed by atoms with Crippen molar-refractivity contribution in [1.29, 1.82) is 0 Å². The zero-order valence-corrected chi connectivity index (χ0v) is 12.6. The van der Waals surface area contributed by atoms with E-state index < -0.39 is 6.61 Å². The smallest absolute Gasteiger partial charge is 0.387 e. The first kappa shape index (κ1) is 16.7. The lowest BCUT2D eigenvalue weighted by Crippen LogP contribution is -2.15. The molecule has 0 saturated heterocycles. The lowest BCUT2D eigenvalue weighted by atomic mass is 10.1. The second-order valence-electron chi connectivity index (χ2n) is 4.68. The lowest BCUT2D eigenvalue weighted by molar-refractivity contribution is -0.115. The SMILES string of the molecule is CCOc1ccc(CC(=O)Nc2ccccc2OC(F)F)cc1. The van der Waals surface area contributed by atoms with Gasteiger partial charge in [-0.3, -0.25) is 4.79 Å². The highest BCUT2D eigenvalue weighted by Crippen LogP contribution is 2.25. The van der Waals surface area contributed by atoms with Gasteiger partial charge in [-0.15, -0.1) is 0 Å². The molecule has 0 spiro atoms. The Hall–Kier alpha value is -2.63. The van der Waals surface area contributed by atoms with Crippen LogP contribution in [0.2, 0.25) is 0 Å². The first-order valence-electron chi connectivity index (χ1n) is 7.14. The third-order valence-corrected chi connectivity index (χ3v) is 2.98. The summed E-state index contributed by atoms with van der Waals surface area (Å²) < 4.78 is 34.4. The van der Waals surface area contributed by atoms with Crippen molar-refractivity contribution >= 4 is 11.6 Å². The van der Waals surface area contributed by atoms with Gasteiger partial charge in [-0.1, -0.05) is 24.3 Å². The van der Waals surface area contributed by atoms with Gasteiger partial charge in [0.2, 0.25) is 5.91 Å². The van der Waals surface area contributed by atoms with Gasteiger partial charge in [0.15, 0.2) is 0 Å². The quantitative estimate of drug-likeness (QED) is 0.842. The molecule has 2 aromatic rings. The van der Waals surface area contributed by atoms with Crippen LogP contribution in [0.4, 0.5) is 14.5 Å². The predicted molar refractivity (Wildman–Crippen MR) is 83.0 cm³/mol. The Kier molecular flexibility index (Phi) is 5.91. The number of nitrogens with one attached hydrogen (secondary N) is 1. The molecule has 0 unspecified atom stereocenters. The number of para-hydroxylation sites is 2. The van der Waals surface area contributed by atoms with Crippen molar-refractivity contribution in [3.63, 3.8) is 0 Å². The molecule has 0 saturated carbocycles. The number of alkyl halides is 2. The van der Waals surface area contributed by atoms with Gasteiger partial charge in [0.1, 0.15) is 11.5 Å². The first-order chi connectivity index (χ1) is 11.1. The summed E-state index contributed by atoms with van der Waals surface area (Å²) in [7, 11) is 0. The number of amides is 1. The number of rotatable bonds is 7. The van der Waals surface area contributed by atoms with Gasteiger partial charge in [-0.05, 0) is 36.8 Å². The Labute approximate surface area is 133 Å². The normalized spacial score (nSPS) is 10.4. The average molecular weight is 321 g/mol. The molecule has 0 radical (unpaired) electrons. The van der Waals surface area contributed by atoms with Crippen LogP contribution in [0.25, 0.3) is 0 Å². The third-order valence-electron chi connectivity index (χ3n) is 2.98. The topological polar surface area (TPSA) is 47.6 Å². The molecule has 23 heavy (non-hydrogen) atoms. The van der Waals surface area contributed by atoms with E-state index in [4.69, 9.17) is 4.74 Å². The molecule has 0 aliphatic heterocycles. The summed E-state index contributed by atoms with van der Waals surface area (Å²) in [5.74, 6) is 0.342. The summed E-state index contributed by atoms with van der Waals surface area (Å²) >= 11 is 0. The van der Waals surface area contributed by atoms with E-state index in [0.717, 1.165) is 11.3 Å². The molecule has 122 valence electrons. The second kappa shape index (κ2) is 8.12. The minimum absolute atomic E-state index is 0.0671. The van der Waals surface area contributed by atoms with Gasteiger partial charge in [0.05, 0.1) is 18.7 Å². The van der Waals surface area contributed by atoms with Gasteiger partial charge in [0, 0.05) is 0 Å². The standard InChI is InChI=1S/C17H17F2NO3/c1-2-22-13-9-7-12(8-10-13)11-16(21)20-14-5-3-4-6-15(14)23-17(18)19/h3-10,17H,2,11H2,1H3,(H,20,21). The number of benzene rings is 2. The van der Waals surface area contributed by atoms with E-state index >= 15 is 0 Å². The average Bonchev–Trinajstić information content (AvgIpc) is 2.51. The molecule has 0 heterocycles. The van der Waals surface area contributed by atoms with Gasteiger partial charge < -0.3 is 14.8 Å². The van der Waals surface area contributed by atoms with Crippen molar-refractivity contribution < 1.29 is 23.0 Å². The summed E-state index contributed by atoms with van der Waals surface area (Å²) in [5, 5.41) is 2.58. The minimum atomic E-state index is -2.95. The summed E-state index contributed by atoms with van der Waals surface area (Å²) in [6.45, 7) is -0.486. The van der Waals surface area contributed by atoms with Crippen LogP contribution < -0.4 is 14.8 Å². The van der Waals surface area contributed by atoms with Gasteiger partial charge >= 0.3 is 6.61 Å². The van der Waals surface area contributed by atoms with Crippen LogP contribution in [-0.2, 0) is 11.2 Å². The molecule has 0 aromatic heterocycles. The molecule has 2 rings (SSSR count). The molecule has 0 fully saturated rings. The van der Waals surface area contributed by atoms with Crippen molar-refractivity contribution in [3.8, 4) is 11.5 Å². The lowest BCUT2D eigenvalue weighted by Gasteiger charge is -2.11. The molecule has 1 N–H and O–H groups in total. The largest absolute Gasteiger partial charge is 0.494 e. The van der Waals surface area contributed by atoms with Crippen molar-refractivity contribution in [2.24, 2.45) is 0 Å². The zero-order chi connectivity index (χ0) is 16.7. The Morgan fingerprint density at radius 2 is 1.83 bits per heavy atom. The molecule has 0 aliphatic carbocycles. The van der Waals surface area contributed by atoms with E-state index in [1.807, 2.05) is 6.92 Å². The van der Waals surface area contributed by atoms with Crippen molar-refractivity contribution in [3.05, 3.63) is 54.1 Å². The molecular formula is C17H17F2NO3. The molecule has 1 amide bonds. The number of carbonyl (C=O) groups is 1. The number of ether oxygens (including phenoxy) is 2. The fourth-order valence-electron chi connectivity index (χ4n) is 2.02.